The standard InChI is InChI=1S/C26H23F3N2O4/c1-16-11-20(35-26(27,28)29)6-4-17(16)15-33-19-8-10-31(25(32)13-19)18-5-7-21-22-14-30-9-2-3-23(22)34-24(21)12-18/h4-8,10-13,30H,2-3,9,14-15H2,1H3. The van der Waals surface area contributed by atoms with E-state index in [-0.39, 0.29) is 17.9 Å². The first-order valence-electron chi connectivity index (χ1n) is 11.2. The van der Waals surface area contributed by atoms with Crippen LogP contribution in [-0.2, 0) is 19.6 Å². The van der Waals surface area contributed by atoms with E-state index in [2.05, 4.69) is 10.1 Å². The van der Waals surface area contributed by atoms with Gasteiger partial charge in [-0.2, -0.15) is 0 Å². The van der Waals surface area contributed by atoms with Gasteiger partial charge in [0.15, 0.2) is 0 Å². The number of benzene rings is 2. The fourth-order valence-electron chi connectivity index (χ4n) is 4.27. The molecule has 1 aliphatic rings. The fraction of sp³-hybridized carbons (Fsp3) is 0.269. The Kier molecular flexibility index (Phi) is 6.02. The number of nitrogens with zero attached hydrogens (tertiary/aromatic N) is 1. The molecule has 2 aromatic heterocycles. The number of nitrogens with one attached hydrogen (secondary N) is 1. The molecule has 0 saturated heterocycles. The molecule has 1 aliphatic heterocycles. The van der Waals surface area contributed by atoms with Crippen LogP contribution in [0.25, 0.3) is 16.7 Å². The van der Waals surface area contributed by atoms with E-state index in [0.717, 1.165) is 42.7 Å². The number of hydrogen-bond donors (Lipinski definition) is 1. The van der Waals surface area contributed by atoms with Crippen LogP contribution in [-0.4, -0.2) is 17.5 Å². The maximum absolute atomic E-state index is 12.8. The van der Waals surface area contributed by atoms with Crippen molar-refractivity contribution in [2.24, 2.45) is 0 Å². The highest BCUT2D eigenvalue weighted by Gasteiger charge is 2.31. The van der Waals surface area contributed by atoms with Gasteiger partial charge in [-0.1, -0.05) is 6.07 Å². The largest absolute Gasteiger partial charge is 0.573 e. The number of furan rings is 1. The lowest BCUT2D eigenvalue weighted by atomic mass is 10.1. The van der Waals surface area contributed by atoms with E-state index in [1.165, 1.54) is 34.4 Å². The SMILES string of the molecule is Cc1cc(OC(F)(F)F)ccc1COc1ccn(-c2ccc3c4c(oc3c2)CCCNC4)c(=O)c1. The summed E-state index contributed by atoms with van der Waals surface area (Å²) in [4.78, 5) is 12.8. The average molecular weight is 484 g/mol. The normalized spacial score (nSPS) is 13.9. The maximum Gasteiger partial charge on any atom is 0.573 e. The average Bonchev–Trinajstić information content (AvgIpc) is 2.97. The number of alkyl halides is 3. The molecule has 3 heterocycles. The molecule has 9 heteroatoms. The Balaban J connectivity index is 1.32. The second kappa shape index (κ2) is 9.14. The molecule has 0 aliphatic carbocycles. The second-order valence-corrected chi connectivity index (χ2v) is 8.46. The summed E-state index contributed by atoms with van der Waals surface area (Å²) in [6, 6.07) is 12.8. The van der Waals surface area contributed by atoms with Crippen LogP contribution < -0.4 is 20.3 Å². The molecule has 35 heavy (non-hydrogen) atoms. The highest BCUT2D eigenvalue weighted by molar-refractivity contribution is 5.84. The molecule has 6 nitrogen and oxygen atoms in total. The minimum atomic E-state index is -4.74. The van der Waals surface area contributed by atoms with Crippen LogP contribution in [0.2, 0.25) is 0 Å². The number of hydrogen-bond acceptors (Lipinski definition) is 5. The number of aryl methyl sites for hydroxylation is 2. The van der Waals surface area contributed by atoms with Crippen molar-refractivity contribution in [2.75, 3.05) is 6.54 Å². The van der Waals surface area contributed by atoms with Gasteiger partial charge in [0, 0.05) is 42.2 Å². The van der Waals surface area contributed by atoms with Crippen molar-refractivity contribution in [3.63, 3.8) is 0 Å². The number of fused-ring (bicyclic) bond motifs is 3. The summed E-state index contributed by atoms with van der Waals surface area (Å²) in [5, 5.41) is 4.45. The summed E-state index contributed by atoms with van der Waals surface area (Å²) >= 11 is 0. The Labute approximate surface area is 198 Å². The van der Waals surface area contributed by atoms with Crippen LogP contribution in [0.1, 0.15) is 28.9 Å². The zero-order chi connectivity index (χ0) is 24.6. The third-order valence-corrected chi connectivity index (χ3v) is 6.03. The van der Waals surface area contributed by atoms with Crippen LogP contribution in [0.4, 0.5) is 13.2 Å². The van der Waals surface area contributed by atoms with Gasteiger partial charge in [0.1, 0.15) is 29.4 Å². The van der Waals surface area contributed by atoms with E-state index in [0.29, 0.717) is 22.6 Å². The number of rotatable bonds is 5. The first kappa shape index (κ1) is 23.0. The topological polar surface area (TPSA) is 65.6 Å². The molecule has 1 N–H and O–H groups in total. The molecule has 4 aromatic rings. The minimum absolute atomic E-state index is 0.0968. The predicted octanol–water partition coefficient (Wildman–Crippen LogP) is 5.41. The van der Waals surface area contributed by atoms with Crippen LogP contribution in [0.15, 0.2) is 63.9 Å². The number of ether oxygens (including phenoxy) is 2. The molecular weight excluding hydrogens is 461 g/mol. The summed E-state index contributed by atoms with van der Waals surface area (Å²) in [6.45, 7) is 3.50. The molecule has 0 bridgehead atoms. The highest BCUT2D eigenvalue weighted by atomic mass is 19.4. The number of halogens is 3. The Morgan fingerprint density at radius 2 is 1.94 bits per heavy atom. The van der Waals surface area contributed by atoms with E-state index < -0.39 is 6.36 Å². The van der Waals surface area contributed by atoms with Gasteiger partial charge >= 0.3 is 6.36 Å². The summed E-state index contributed by atoms with van der Waals surface area (Å²) < 4.78 is 54.4. The van der Waals surface area contributed by atoms with Gasteiger partial charge in [-0.05, 0) is 61.3 Å². The molecule has 0 spiro atoms. The van der Waals surface area contributed by atoms with E-state index in [1.54, 1.807) is 19.2 Å². The Morgan fingerprint density at radius 1 is 1.09 bits per heavy atom. The molecule has 0 amide bonds. The lowest BCUT2D eigenvalue weighted by Gasteiger charge is -2.13. The van der Waals surface area contributed by atoms with Crippen LogP contribution in [0, 0.1) is 6.92 Å². The smallest absolute Gasteiger partial charge is 0.489 e. The van der Waals surface area contributed by atoms with E-state index in [1.807, 2.05) is 18.2 Å². The molecule has 0 saturated carbocycles. The first-order valence-corrected chi connectivity index (χ1v) is 11.2. The molecule has 2 aromatic carbocycles. The van der Waals surface area contributed by atoms with Crippen LogP contribution in [0.3, 0.4) is 0 Å². The third kappa shape index (κ3) is 5.05. The highest BCUT2D eigenvalue weighted by Crippen LogP contribution is 2.30. The zero-order valence-electron chi connectivity index (χ0n) is 18.9. The van der Waals surface area contributed by atoms with Crippen LogP contribution >= 0.6 is 0 Å². The van der Waals surface area contributed by atoms with Gasteiger partial charge in [-0.3, -0.25) is 9.36 Å². The van der Waals surface area contributed by atoms with Gasteiger partial charge in [0.2, 0.25) is 0 Å². The van der Waals surface area contributed by atoms with E-state index >= 15 is 0 Å². The predicted molar refractivity (Wildman–Crippen MR) is 124 cm³/mol. The van der Waals surface area contributed by atoms with Gasteiger partial charge in [-0.25, -0.2) is 0 Å². The van der Waals surface area contributed by atoms with Crippen molar-refractivity contribution >= 4 is 11.0 Å². The number of aromatic nitrogens is 1. The third-order valence-electron chi connectivity index (χ3n) is 6.03. The van der Waals surface area contributed by atoms with Crippen molar-refractivity contribution < 1.29 is 27.1 Å². The number of pyridine rings is 1. The maximum atomic E-state index is 12.8. The second-order valence-electron chi connectivity index (χ2n) is 8.46. The lowest BCUT2D eigenvalue weighted by Crippen LogP contribution is -2.17. The van der Waals surface area contributed by atoms with Crippen molar-refractivity contribution in [1.82, 2.24) is 9.88 Å². The molecule has 0 fully saturated rings. The summed E-state index contributed by atoms with van der Waals surface area (Å²) in [5.74, 6) is 1.06. The molecule has 182 valence electrons. The van der Waals surface area contributed by atoms with Crippen molar-refractivity contribution in [3.05, 3.63) is 87.5 Å². The molecular formula is C26H23F3N2O4. The summed E-state index contributed by atoms with van der Waals surface area (Å²) in [7, 11) is 0. The first-order chi connectivity index (χ1) is 16.8. The molecule has 5 rings (SSSR count). The Bertz CT molecular complexity index is 1440. The minimum Gasteiger partial charge on any atom is -0.489 e. The van der Waals surface area contributed by atoms with E-state index in [9.17, 15) is 18.0 Å². The summed E-state index contributed by atoms with van der Waals surface area (Å²) in [5.41, 5.74) is 3.59. The van der Waals surface area contributed by atoms with E-state index in [4.69, 9.17) is 9.15 Å². The fourth-order valence-corrected chi connectivity index (χ4v) is 4.27. The Morgan fingerprint density at radius 3 is 2.71 bits per heavy atom. The monoisotopic (exact) mass is 484 g/mol. The van der Waals surface area contributed by atoms with Gasteiger partial charge in [0.25, 0.3) is 5.56 Å². The van der Waals surface area contributed by atoms with Crippen molar-refractivity contribution in [3.8, 4) is 17.2 Å². The van der Waals surface area contributed by atoms with Gasteiger partial charge < -0.3 is 19.2 Å². The van der Waals surface area contributed by atoms with Crippen molar-refractivity contribution in [2.45, 2.75) is 39.3 Å². The molecule has 0 unspecified atom stereocenters. The lowest BCUT2D eigenvalue weighted by molar-refractivity contribution is -0.274. The molecule has 0 radical (unpaired) electrons. The van der Waals surface area contributed by atoms with Crippen molar-refractivity contribution in [1.29, 1.82) is 0 Å². The van der Waals surface area contributed by atoms with Crippen LogP contribution in [0.5, 0.6) is 11.5 Å². The quantitative estimate of drug-likeness (QED) is 0.411. The summed E-state index contributed by atoms with van der Waals surface area (Å²) in [6.07, 6.45) is -1.21. The Hall–Kier alpha value is -3.72. The van der Waals surface area contributed by atoms with Gasteiger partial charge in [0.05, 0.1) is 5.69 Å². The zero-order valence-corrected chi connectivity index (χ0v) is 18.9. The van der Waals surface area contributed by atoms with Gasteiger partial charge in [-0.15, -0.1) is 13.2 Å². The molecule has 0 atom stereocenters.